The number of carbonyl (C=O) groups is 1. The number of thiophene rings is 1. The quantitative estimate of drug-likeness (QED) is 0.897. The van der Waals surface area contributed by atoms with Gasteiger partial charge in [0.05, 0.1) is 5.56 Å². The summed E-state index contributed by atoms with van der Waals surface area (Å²) in [6, 6.07) is 1.42. The highest BCUT2D eigenvalue weighted by atomic mass is 32.2. The van der Waals surface area contributed by atoms with Gasteiger partial charge in [0.25, 0.3) is 10.0 Å². The third kappa shape index (κ3) is 2.73. The van der Waals surface area contributed by atoms with Gasteiger partial charge in [-0.25, -0.2) is 13.2 Å². The number of carboxylic acid groups (broad SMARTS) is 1. The van der Waals surface area contributed by atoms with Crippen molar-refractivity contribution in [3.63, 3.8) is 0 Å². The van der Waals surface area contributed by atoms with E-state index in [-0.39, 0.29) is 21.7 Å². The molecule has 8 heteroatoms. The van der Waals surface area contributed by atoms with E-state index < -0.39 is 16.0 Å². The first-order chi connectivity index (χ1) is 9.23. The maximum Gasteiger partial charge on any atom is 0.336 e. The summed E-state index contributed by atoms with van der Waals surface area (Å²) in [6.07, 6.45) is 0. The molecule has 112 valence electrons. The fraction of sp³-hybridized carbons (Fsp3) is 0.583. The minimum absolute atomic E-state index is 0.0185. The van der Waals surface area contributed by atoms with Crippen LogP contribution in [0.15, 0.2) is 15.7 Å². The van der Waals surface area contributed by atoms with Gasteiger partial charge in [-0.15, -0.1) is 11.3 Å². The molecule has 1 aromatic rings. The number of rotatable bonds is 4. The molecule has 0 radical (unpaired) electrons. The second-order valence-corrected chi connectivity index (χ2v) is 8.37. The molecule has 2 heterocycles. The lowest BCUT2D eigenvalue weighted by atomic mass is 10.1. The number of aromatic carboxylic acids is 1. The van der Waals surface area contributed by atoms with Gasteiger partial charge in [0.15, 0.2) is 0 Å². The molecule has 1 saturated heterocycles. The van der Waals surface area contributed by atoms with E-state index in [1.54, 1.807) is 0 Å². The number of likely N-dealkylation sites (N-methyl/N-ethyl adjacent to an activating group) is 1. The highest BCUT2D eigenvalue weighted by Crippen LogP contribution is 2.29. The molecule has 0 aromatic carbocycles. The molecule has 1 aliphatic rings. The highest BCUT2D eigenvalue weighted by molar-refractivity contribution is 7.91. The van der Waals surface area contributed by atoms with E-state index in [9.17, 15) is 13.2 Å². The second-order valence-electron chi connectivity index (χ2n) is 5.29. The fourth-order valence-corrected chi connectivity index (χ4v) is 5.33. The number of nitrogens with zero attached hydrogens (tertiary/aromatic N) is 2. The van der Waals surface area contributed by atoms with Crippen LogP contribution in [0.5, 0.6) is 0 Å². The minimum atomic E-state index is -3.59. The van der Waals surface area contributed by atoms with Crippen LogP contribution in [0.2, 0.25) is 0 Å². The molecule has 0 spiro atoms. The topological polar surface area (TPSA) is 77.9 Å². The molecule has 2 unspecified atom stereocenters. The molecule has 20 heavy (non-hydrogen) atoms. The zero-order valence-corrected chi connectivity index (χ0v) is 13.2. The van der Waals surface area contributed by atoms with E-state index in [4.69, 9.17) is 5.11 Å². The fourth-order valence-electron chi connectivity index (χ4n) is 2.47. The molecule has 2 atom stereocenters. The van der Waals surface area contributed by atoms with E-state index in [0.29, 0.717) is 13.1 Å². The first-order valence-corrected chi connectivity index (χ1v) is 8.54. The molecule has 0 bridgehead atoms. The number of hydrogen-bond acceptors (Lipinski definition) is 5. The summed E-state index contributed by atoms with van der Waals surface area (Å²) in [5, 5.41) is 10.2. The van der Waals surface area contributed by atoms with E-state index in [1.807, 2.05) is 25.9 Å². The molecule has 2 rings (SSSR count). The zero-order valence-electron chi connectivity index (χ0n) is 11.6. The van der Waals surface area contributed by atoms with Crippen molar-refractivity contribution in [2.24, 2.45) is 5.92 Å². The third-order valence-corrected chi connectivity index (χ3v) is 6.87. The molecule has 0 saturated carbocycles. The Kier molecular flexibility index (Phi) is 4.19. The molecule has 1 fully saturated rings. The third-order valence-electron chi connectivity index (χ3n) is 3.62. The Hall–Kier alpha value is -0.960. The Morgan fingerprint density at radius 2 is 2.10 bits per heavy atom. The zero-order chi connectivity index (χ0) is 15.1. The normalized spacial score (nSPS) is 24.4. The van der Waals surface area contributed by atoms with Gasteiger partial charge in [-0.3, -0.25) is 0 Å². The Bertz CT molecular complexity index is 609. The van der Waals surface area contributed by atoms with Gasteiger partial charge in [0.2, 0.25) is 0 Å². The lowest BCUT2D eigenvalue weighted by Crippen LogP contribution is -2.35. The summed E-state index contributed by atoms with van der Waals surface area (Å²) in [6.45, 7) is 2.93. The molecule has 1 aliphatic heterocycles. The first kappa shape index (κ1) is 15.4. The van der Waals surface area contributed by atoms with Crippen LogP contribution in [0.4, 0.5) is 0 Å². The summed E-state index contributed by atoms with van der Waals surface area (Å²) in [5.41, 5.74) is 0.0185. The van der Waals surface area contributed by atoms with Crippen LogP contribution in [0.1, 0.15) is 17.3 Å². The standard InChI is InChI=1S/C12H18N2O4S2/c1-8-5-14(6-10(8)13(2)3)20(17,18)11-4-9(7-19-11)12(15)16/h4,7-8,10H,5-6H2,1-3H3,(H,15,16). The van der Waals surface area contributed by atoms with Crippen molar-refractivity contribution >= 4 is 27.3 Å². The average molecular weight is 318 g/mol. The minimum Gasteiger partial charge on any atom is -0.478 e. The van der Waals surface area contributed by atoms with Crippen LogP contribution in [0.25, 0.3) is 0 Å². The van der Waals surface area contributed by atoms with Crippen LogP contribution >= 0.6 is 11.3 Å². The van der Waals surface area contributed by atoms with Crippen LogP contribution in [-0.2, 0) is 10.0 Å². The maximum absolute atomic E-state index is 12.5. The first-order valence-electron chi connectivity index (χ1n) is 6.22. The van der Waals surface area contributed by atoms with Crippen molar-refractivity contribution in [3.05, 3.63) is 17.0 Å². The monoisotopic (exact) mass is 318 g/mol. The Morgan fingerprint density at radius 3 is 2.55 bits per heavy atom. The van der Waals surface area contributed by atoms with Crippen molar-refractivity contribution in [3.8, 4) is 0 Å². The van der Waals surface area contributed by atoms with Crippen molar-refractivity contribution < 1.29 is 18.3 Å². The van der Waals surface area contributed by atoms with Gasteiger partial charge in [-0.05, 0) is 26.1 Å². The van der Waals surface area contributed by atoms with Crippen LogP contribution in [-0.4, -0.2) is 61.9 Å². The summed E-state index contributed by atoms with van der Waals surface area (Å²) in [4.78, 5) is 12.9. The van der Waals surface area contributed by atoms with Crippen molar-refractivity contribution in [2.75, 3.05) is 27.2 Å². The van der Waals surface area contributed by atoms with Gasteiger partial charge in [0, 0.05) is 24.5 Å². The van der Waals surface area contributed by atoms with Crippen molar-refractivity contribution in [1.29, 1.82) is 0 Å². The predicted molar refractivity (Wildman–Crippen MR) is 76.7 cm³/mol. The summed E-state index contributed by atoms with van der Waals surface area (Å²) in [7, 11) is 0.282. The van der Waals surface area contributed by atoms with Gasteiger partial charge in [-0.2, -0.15) is 4.31 Å². The summed E-state index contributed by atoms with van der Waals surface area (Å²) in [5.74, 6) is -0.859. The molecular formula is C12H18N2O4S2. The molecule has 6 nitrogen and oxygen atoms in total. The number of sulfonamides is 1. The number of hydrogen-bond donors (Lipinski definition) is 1. The molecule has 1 aromatic heterocycles. The largest absolute Gasteiger partial charge is 0.478 e. The van der Waals surface area contributed by atoms with Crippen LogP contribution in [0.3, 0.4) is 0 Å². The van der Waals surface area contributed by atoms with Gasteiger partial charge in [-0.1, -0.05) is 6.92 Å². The molecule has 1 N–H and O–H groups in total. The van der Waals surface area contributed by atoms with Gasteiger partial charge < -0.3 is 10.0 Å². The van der Waals surface area contributed by atoms with Gasteiger partial charge >= 0.3 is 5.97 Å². The molecular weight excluding hydrogens is 300 g/mol. The molecule has 0 aliphatic carbocycles. The second kappa shape index (κ2) is 5.44. The smallest absolute Gasteiger partial charge is 0.336 e. The van der Waals surface area contributed by atoms with Crippen molar-refractivity contribution in [2.45, 2.75) is 17.2 Å². The lowest BCUT2D eigenvalue weighted by molar-refractivity contribution is 0.0697. The van der Waals surface area contributed by atoms with Crippen LogP contribution in [0, 0.1) is 5.92 Å². The lowest BCUT2D eigenvalue weighted by Gasteiger charge is -2.22. The van der Waals surface area contributed by atoms with E-state index in [2.05, 4.69) is 0 Å². The Morgan fingerprint density at radius 1 is 1.45 bits per heavy atom. The van der Waals surface area contributed by atoms with E-state index in [1.165, 1.54) is 15.8 Å². The van der Waals surface area contributed by atoms with Gasteiger partial charge in [0.1, 0.15) is 4.21 Å². The maximum atomic E-state index is 12.5. The summed E-state index contributed by atoms with van der Waals surface area (Å²) >= 11 is 0.958. The Balaban J connectivity index is 2.25. The highest BCUT2D eigenvalue weighted by Gasteiger charge is 2.38. The number of carboxylic acids is 1. The van der Waals surface area contributed by atoms with Crippen molar-refractivity contribution in [1.82, 2.24) is 9.21 Å². The summed E-state index contributed by atoms with van der Waals surface area (Å²) < 4.78 is 26.6. The SMILES string of the molecule is CC1CN(S(=O)(=O)c2cc(C(=O)O)cs2)CC1N(C)C. The molecule has 0 amide bonds. The predicted octanol–water partition coefficient (Wildman–Crippen LogP) is 1.02. The average Bonchev–Trinajstić information content (AvgIpc) is 2.94. The van der Waals surface area contributed by atoms with E-state index in [0.717, 1.165) is 11.3 Å². The van der Waals surface area contributed by atoms with E-state index >= 15 is 0 Å². The van der Waals surface area contributed by atoms with Crippen LogP contribution < -0.4 is 0 Å². The Labute approximate surface area is 122 Å².